The van der Waals surface area contributed by atoms with Gasteiger partial charge < -0.3 is 20.1 Å². The van der Waals surface area contributed by atoms with E-state index in [-0.39, 0.29) is 29.2 Å². The molecule has 1 heterocycles. The van der Waals surface area contributed by atoms with Gasteiger partial charge >= 0.3 is 5.97 Å². The molecule has 4 rings (SSSR count). The molecule has 3 aromatic rings. The van der Waals surface area contributed by atoms with Crippen LogP contribution in [-0.2, 0) is 24.2 Å². The molecule has 0 aliphatic carbocycles. The van der Waals surface area contributed by atoms with Crippen molar-refractivity contribution in [3.05, 3.63) is 78.4 Å². The predicted molar refractivity (Wildman–Crippen MR) is 190 cm³/mol. The van der Waals surface area contributed by atoms with E-state index in [4.69, 9.17) is 9.84 Å². The van der Waals surface area contributed by atoms with Crippen LogP contribution in [0.4, 0.5) is 11.4 Å². The van der Waals surface area contributed by atoms with E-state index in [0.717, 1.165) is 44.2 Å². The van der Waals surface area contributed by atoms with Crippen molar-refractivity contribution >= 4 is 50.6 Å². The summed E-state index contributed by atoms with van der Waals surface area (Å²) >= 11 is 1.39. The van der Waals surface area contributed by atoms with E-state index in [9.17, 15) is 22.8 Å². The summed E-state index contributed by atoms with van der Waals surface area (Å²) in [6, 6.07) is 20.8. The van der Waals surface area contributed by atoms with Crippen LogP contribution in [0.1, 0.15) is 76.8 Å². The Kier molecular flexibility index (Phi) is 13.1. The normalized spacial score (nSPS) is 15.5. The van der Waals surface area contributed by atoms with Crippen molar-refractivity contribution in [3.63, 3.8) is 0 Å². The predicted octanol–water partition coefficient (Wildman–Crippen LogP) is 7.37. The van der Waals surface area contributed by atoms with E-state index in [1.807, 2.05) is 42.7 Å². The van der Waals surface area contributed by atoms with Gasteiger partial charge in [-0.15, -0.1) is 11.8 Å². The van der Waals surface area contributed by atoms with Gasteiger partial charge in [0.15, 0.2) is 22.2 Å². The topological polar surface area (TPSA) is 130 Å². The number of unbranched alkanes of at least 4 members (excludes halogenated alkanes) is 2. The number of carboxylic acids is 1. The zero-order chi connectivity index (χ0) is 34.7. The fraction of sp³-hybridized carbons (Fsp3) is 0.432. The third kappa shape index (κ3) is 9.41. The van der Waals surface area contributed by atoms with Crippen molar-refractivity contribution in [3.8, 4) is 5.75 Å². The maximum absolute atomic E-state index is 14.3. The Morgan fingerprint density at radius 2 is 1.58 bits per heavy atom. The molecule has 258 valence electrons. The fourth-order valence-electron chi connectivity index (χ4n) is 6.29. The summed E-state index contributed by atoms with van der Waals surface area (Å²) in [5.41, 5.74) is 1.58. The molecular weight excluding hydrogens is 649 g/mol. The third-order valence-corrected chi connectivity index (χ3v) is 11.5. The molecule has 0 saturated carbocycles. The smallest absolute Gasteiger partial charge is 0.303 e. The lowest BCUT2D eigenvalue weighted by Gasteiger charge is -2.37. The summed E-state index contributed by atoms with van der Waals surface area (Å²) in [5.74, 6) is -1.86. The molecule has 1 aliphatic rings. The highest BCUT2D eigenvalue weighted by atomic mass is 32.2. The van der Waals surface area contributed by atoms with E-state index < -0.39 is 45.6 Å². The zero-order valence-corrected chi connectivity index (χ0v) is 29.6. The number of aliphatic carboxylic acids is 1. The number of anilines is 2. The van der Waals surface area contributed by atoms with Gasteiger partial charge in [0.1, 0.15) is 11.8 Å². The van der Waals surface area contributed by atoms with E-state index in [1.54, 1.807) is 36.4 Å². The number of Topliss-reactive ketones (excluding diaryl/α,β-unsaturated/α-hetero) is 1. The van der Waals surface area contributed by atoms with Gasteiger partial charge in [-0.25, -0.2) is 8.42 Å². The number of fused-ring (bicyclic) bond motifs is 1. The van der Waals surface area contributed by atoms with Gasteiger partial charge in [-0.3, -0.25) is 14.4 Å². The van der Waals surface area contributed by atoms with Gasteiger partial charge in [-0.05, 0) is 42.9 Å². The summed E-state index contributed by atoms with van der Waals surface area (Å²) in [6.07, 6.45) is 6.67. The molecule has 1 aliphatic heterocycles. The molecule has 0 saturated heterocycles. The Hall–Kier alpha value is -3.83. The first-order chi connectivity index (χ1) is 23.0. The first-order valence-corrected chi connectivity index (χ1v) is 19.4. The van der Waals surface area contributed by atoms with Crippen molar-refractivity contribution in [2.75, 3.05) is 30.1 Å². The SMILES string of the molecule is CCCCC1(CCCC)CN(c2ccccc2)c2cc(SC)c(OCC(=O)N[C@@H](C(=O)CCC(=O)O)c3ccccc3)cc2S(=O)(=O)C1. The van der Waals surface area contributed by atoms with Crippen LogP contribution in [-0.4, -0.2) is 56.3 Å². The van der Waals surface area contributed by atoms with Crippen molar-refractivity contribution in [2.24, 2.45) is 5.41 Å². The number of carbonyl (C=O) groups is 3. The first-order valence-electron chi connectivity index (χ1n) is 16.5. The lowest BCUT2D eigenvalue weighted by molar-refractivity contribution is -0.139. The molecule has 0 radical (unpaired) electrons. The summed E-state index contributed by atoms with van der Waals surface area (Å²) in [4.78, 5) is 40.2. The van der Waals surface area contributed by atoms with Crippen LogP contribution < -0.4 is 15.0 Å². The highest BCUT2D eigenvalue weighted by Crippen LogP contribution is 2.47. The molecule has 1 amide bonds. The minimum absolute atomic E-state index is 0.0199. The molecule has 0 spiro atoms. The molecule has 0 unspecified atom stereocenters. The fourth-order valence-corrected chi connectivity index (χ4v) is 8.96. The Morgan fingerprint density at radius 3 is 2.17 bits per heavy atom. The number of amides is 1. The molecule has 11 heteroatoms. The number of nitrogens with zero attached hydrogens (tertiary/aromatic N) is 1. The number of carboxylic acid groups (broad SMARTS) is 1. The van der Waals surface area contributed by atoms with Gasteiger partial charge in [0.05, 0.1) is 27.7 Å². The Morgan fingerprint density at radius 1 is 0.958 bits per heavy atom. The summed E-state index contributed by atoms with van der Waals surface area (Å²) in [7, 11) is -3.78. The molecule has 3 aromatic carbocycles. The second-order valence-corrected chi connectivity index (χ2v) is 15.2. The quantitative estimate of drug-likeness (QED) is 0.139. The number of benzene rings is 3. The van der Waals surface area contributed by atoms with Gasteiger partial charge in [0.25, 0.3) is 5.91 Å². The Balaban J connectivity index is 1.68. The van der Waals surface area contributed by atoms with Gasteiger partial charge in [-0.1, -0.05) is 88.1 Å². The summed E-state index contributed by atoms with van der Waals surface area (Å²) in [6.45, 7) is 4.35. The maximum Gasteiger partial charge on any atom is 0.303 e. The molecule has 1 atom stereocenters. The lowest BCUT2D eigenvalue weighted by atomic mass is 9.79. The van der Waals surface area contributed by atoms with Gasteiger partial charge in [0, 0.05) is 30.1 Å². The number of carbonyl (C=O) groups excluding carboxylic acids is 2. The first kappa shape index (κ1) is 37.0. The number of thioether (sulfide) groups is 1. The summed E-state index contributed by atoms with van der Waals surface area (Å²) in [5, 5.41) is 11.8. The highest BCUT2D eigenvalue weighted by Gasteiger charge is 2.42. The highest BCUT2D eigenvalue weighted by molar-refractivity contribution is 7.98. The number of rotatable bonds is 17. The molecule has 9 nitrogen and oxygen atoms in total. The largest absolute Gasteiger partial charge is 0.483 e. The minimum Gasteiger partial charge on any atom is -0.483 e. The molecule has 0 aromatic heterocycles. The van der Waals surface area contributed by atoms with E-state index >= 15 is 0 Å². The van der Waals surface area contributed by atoms with E-state index in [2.05, 4.69) is 24.1 Å². The van der Waals surface area contributed by atoms with Crippen molar-refractivity contribution < 1.29 is 32.6 Å². The van der Waals surface area contributed by atoms with E-state index in [0.29, 0.717) is 22.7 Å². The molecule has 48 heavy (non-hydrogen) atoms. The van der Waals surface area contributed by atoms with Crippen LogP contribution in [0.2, 0.25) is 0 Å². The molecule has 2 N–H and O–H groups in total. The average molecular weight is 695 g/mol. The second-order valence-electron chi connectivity index (χ2n) is 12.4. The second kappa shape index (κ2) is 17.0. The van der Waals surface area contributed by atoms with Crippen LogP contribution in [0, 0.1) is 5.41 Å². The van der Waals surface area contributed by atoms with Crippen molar-refractivity contribution in [2.45, 2.75) is 81.0 Å². The Bertz CT molecular complexity index is 1660. The number of hydrogen-bond donors (Lipinski definition) is 2. The molecule has 0 fully saturated rings. The Labute approximate surface area is 288 Å². The van der Waals surface area contributed by atoms with Crippen molar-refractivity contribution in [1.29, 1.82) is 0 Å². The lowest BCUT2D eigenvalue weighted by Crippen LogP contribution is -2.38. The van der Waals surface area contributed by atoms with Crippen LogP contribution in [0.15, 0.2) is 82.6 Å². The van der Waals surface area contributed by atoms with E-state index in [1.165, 1.54) is 11.8 Å². The third-order valence-electron chi connectivity index (χ3n) is 8.75. The van der Waals surface area contributed by atoms with Gasteiger partial charge in [-0.2, -0.15) is 0 Å². The molecular formula is C37H46N2O7S2. The van der Waals surface area contributed by atoms with Crippen LogP contribution in [0.25, 0.3) is 0 Å². The minimum atomic E-state index is -3.78. The monoisotopic (exact) mass is 694 g/mol. The number of ether oxygens (including phenoxy) is 1. The van der Waals surface area contributed by atoms with Crippen LogP contribution >= 0.6 is 11.8 Å². The number of sulfone groups is 1. The maximum atomic E-state index is 14.3. The number of para-hydroxylation sites is 1. The number of ketones is 1. The van der Waals surface area contributed by atoms with Crippen molar-refractivity contribution in [1.82, 2.24) is 5.32 Å². The van der Waals surface area contributed by atoms with Crippen LogP contribution in [0.3, 0.4) is 0 Å². The average Bonchev–Trinajstić information content (AvgIpc) is 3.18. The number of hydrogen-bond acceptors (Lipinski definition) is 8. The van der Waals surface area contributed by atoms with Gasteiger partial charge in [0.2, 0.25) is 0 Å². The standard InChI is InChI=1S/C37H46N2O7S2/c1-4-6-20-37(21-7-5-2)25-39(28-16-12-9-13-17-28)29-22-32(47-3)31(23-33(29)48(44,45)26-37)46-24-34(41)38-36(27-14-10-8-11-15-27)30(40)18-19-35(42)43/h8-17,22-23,36H,4-7,18-21,24-26H2,1-3H3,(H,38,41)(H,42,43)/t36-/m1/s1. The summed E-state index contributed by atoms with van der Waals surface area (Å²) < 4.78 is 34.7. The number of nitrogens with one attached hydrogen (secondary N) is 1. The molecule has 0 bridgehead atoms. The van der Waals surface area contributed by atoms with Crippen LogP contribution in [0.5, 0.6) is 5.75 Å². The zero-order valence-electron chi connectivity index (χ0n) is 27.9.